The molecule has 4 rings (SSSR count). The SMILES string of the molecule is O=C(c1ccn[nH]1)N1CCOC(c2cccc(-c3cncnc3)n2)C1. The summed E-state index contributed by atoms with van der Waals surface area (Å²) in [4.78, 5) is 26.9. The summed E-state index contributed by atoms with van der Waals surface area (Å²) in [5.74, 6) is -0.0848. The lowest BCUT2D eigenvalue weighted by Gasteiger charge is -2.32. The van der Waals surface area contributed by atoms with Gasteiger partial charge in [-0.2, -0.15) is 5.10 Å². The third-order valence-electron chi connectivity index (χ3n) is 4.04. The van der Waals surface area contributed by atoms with Crippen LogP contribution in [-0.4, -0.2) is 55.7 Å². The van der Waals surface area contributed by atoms with Gasteiger partial charge in [-0.3, -0.25) is 9.89 Å². The Morgan fingerprint density at radius 2 is 2.12 bits per heavy atom. The van der Waals surface area contributed by atoms with E-state index in [0.717, 1.165) is 17.0 Å². The van der Waals surface area contributed by atoms with E-state index in [1.165, 1.54) is 6.33 Å². The number of ether oxygens (including phenoxy) is 1. The lowest BCUT2D eigenvalue weighted by Crippen LogP contribution is -2.42. The average molecular weight is 336 g/mol. The molecule has 0 bridgehead atoms. The summed E-state index contributed by atoms with van der Waals surface area (Å²) >= 11 is 0. The van der Waals surface area contributed by atoms with Crippen molar-refractivity contribution in [3.05, 3.63) is 60.6 Å². The molecular weight excluding hydrogens is 320 g/mol. The molecule has 1 saturated heterocycles. The fourth-order valence-electron chi connectivity index (χ4n) is 2.78. The molecule has 126 valence electrons. The molecule has 8 heteroatoms. The molecule has 25 heavy (non-hydrogen) atoms. The summed E-state index contributed by atoms with van der Waals surface area (Å²) in [5.41, 5.74) is 2.87. The number of morpholine rings is 1. The van der Waals surface area contributed by atoms with E-state index >= 15 is 0 Å². The Hall–Kier alpha value is -3.13. The molecule has 4 heterocycles. The van der Waals surface area contributed by atoms with Gasteiger partial charge < -0.3 is 9.64 Å². The van der Waals surface area contributed by atoms with Crippen molar-refractivity contribution in [2.24, 2.45) is 0 Å². The van der Waals surface area contributed by atoms with Gasteiger partial charge in [-0.05, 0) is 18.2 Å². The van der Waals surface area contributed by atoms with Gasteiger partial charge in [-0.25, -0.2) is 15.0 Å². The predicted molar refractivity (Wildman–Crippen MR) is 88.4 cm³/mol. The highest BCUT2D eigenvalue weighted by atomic mass is 16.5. The minimum atomic E-state index is -0.273. The van der Waals surface area contributed by atoms with Crippen LogP contribution in [0.4, 0.5) is 0 Å². The van der Waals surface area contributed by atoms with Crippen molar-refractivity contribution in [3.63, 3.8) is 0 Å². The van der Waals surface area contributed by atoms with Crippen LogP contribution in [0.3, 0.4) is 0 Å². The lowest BCUT2D eigenvalue weighted by molar-refractivity contribution is -0.0248. The number of pyridine rings is 1. The minimum absolute atomic E-state index is 0.0848. The molecule has 1 unspecified atom stereocenters. The zero-order valence-corrected chi connectivity index (χ0v) is 13.4. The fourth-order valence-corrected chi connectivity index (χ4v) is 2.78. The number of carbonyl (C=O) groups is 1. The van der Waals surface area contributed by atoms with Gasteiger partial charge >= 0.3 is 0 Å². The van der Waals surface area contributed by atoms with E-state index in [-0.39, 0.29) is 12.0 Å². The van der Waals surface area contributed by atoms with Crippen LogP contribution in [0.15, 0.2) is 49.2 Å². The third-order valence-corrected chi connectivity index (χ3v) is 4.04. The number of rotatable bonds is 3. The van der Waals surface area contributed by atoms with Gasteiger partial charge in [0.15, 0.2) is 0 Å². The van der Waals surface area contributed by atoms with Crippen LogP contribution >= 0.6 is 0 Å². The fraction of sp³-hybridized carbons (Fsp3) is 0.235. The van der Waals surface area contributed by atoms with Crippen LogP contribution in [0.1, 0.15) is 22.3 Å². The number of hydrogen-bond donors (Lipinski definition) is 1. The normalized spacial score (nSPS) is 17.4. The number of nitrogens with one attached hydrogen (secondary N) is 1. The molecule has 1 aliphatic heterocycles. The van der Waals surface area contributed by atoms with Crippen LogP contribution in [0, 0.1) is 0 Å². The Labute approximate surface area is 143 Å². The third kappa shape index (κ3) is 3.24. The number of nitrogens with zero attached hydrogens (tertiary/aromatic N) is 5. The average Bonchev–Trinajstić information content (AvgIpc) is 3.23. The van der Waals surface area contributed by atoms with Crippen LogP contribution in [0.5, 0.6) is 0 Å². The maximum Gasteiger partial charge on any atom is 0.272 e. The van der Waals surface area contributed by atoms with Crippen molar-refractivity contribution in [1.82, 2.24) is 30.0 Å². The number of aromatic amines is 1. The zero-order chi connectivity index (χ0) is 17.1. The summed E-state index contributed by atoms with van der Waals surface area (Å²) in [6.07, 6.45) is 6.21. The van der Waals surface area contributed by atoms with Crippen LogP contribution in [0.2, 0.25) is 0 Å². The summed E-state index contributed by atoms with van der Waals surface area (Å²) in [7, 11) is 0. The van der Waals surface area contributed by atoms with E-state index in [0.29, 0.717) is 25.4 Å². The number of hydrogen-bond acceptors (Lipinski definition) is 6. The molecular formula is C17H16N6O2. The number of aromatic nitrogens is 5. The highest BCUT2D eigenvalue weighted by Crippen LogP contribution is 2.24. The molecule has 1 amide bonds. The highest BCUT2D eigenvalue weighted by Gasteiger charge is 2.27. The van der Waals surface area contributed by atoms with E-state index in [1.54, 1.807) is 29.6 Å². The quantitative estimate of drug-likeness (QED) is 0.778. The van der Waals surface area contributed by atoms with Crippen LogP contribution in [0.25, 0.3) is 11.3 Å². The van der Waals surface area contributed by atoms with Crippen molar-refractivity contribution >= 4 is 5.91 Å². The van der Waals surface area contributed by atoms with Crippen molar-refractivity contribution in [3.8, 4) is 11.3 Å². The molecule has 1 fully saturated rings. The van der Waals surface area contributed by atoms with Crippen LogP contribution < -0.4 is 0 Å². The van der Waals surface area contributed by atoms with Crippen molar-refractivity contribution in [2.75, 3.05) is 19.7 Å². The van der Waals surface area contributed by atoms with Crippen molar-refractivity contribution in [1.29, 1.82) is 0 Å². The minimum Gasteiger partial charge on any atom is -0.368 e. The first-order valence-electron chi connectivity index (χ1n) is 7.94. The van der Waals surface area contributed by atoms with Crippen molar-refractivity contribution in [2.45, 2.75) is 6.10 Å². The molecule has 0 spiro atoms. The number of carbonyl (C=O) groups excluding carboxylic acids is 1. The molecule has 3 aromatic rings. The Balaban J connectivity index is 1.55. The smallest absolute Gasteiger partial charge is 0.272 e. The molecule has 0 radical (unpaired) electrons. The largest absolute Gasteiger partial charge is 0.368 e. The van der Waals surface area contributed by atoms with E-state index in [4.69, 9.17) is 4.74 Å². The number of H-pyrrole nitrogens is 1. The first-order valence-corrected chi connectivity index (χ1v) is 7.94. The molecule has 1 atom stereocenters. The summed E-state index contributed by atoms with van der Waals surface area (Å²) in [5, 5.41) is 6.54. The maximum absolute atomic E-state index is 12.5. The Bertz CT molecular complexity index is 853. The van der Waals surface area contributed by atoms with Gasteiger partial charge in [0.2, 0.25) is 0 Å². The first kappa shape index (κ1) is 15.4. The van der Waals surface area contributed by atoms with Gasteiger partial charge in [0.25, 0.3) is 5.91 Å². The van der Waals surface area contributed by atoms with Gasteiger partial charge in [0.1, 0.15) is 18.1 Å². The Kier molecular flexibility index (Phi) is 4.17. The topological polar surface area (TPSA) is 96.9 Å². The molecule has 3 aromatic heterocycles. The van der Waals surface area contributed by atoms with Gasteiger partial charge in [-0.15, -0.1) is 0 Å². The Morgan fingerprint density at radius 3 is 2.92 bits per heavy atom. The van der Waals surface area contributed by atoms with Gasteiger partial charge in [0.05, 0.1) is 24.5 Å². The molecule has 0 saturated carbocycles. The molecule has 0 aromatic carbocycles. The van der Waals surface area contributed by atoms with Gasteiger partial charge in [-0.1, -0.05) is 6.07 Å². The summed E-state index contributed by atoms with van der Waals surface area (Å²) in [6.45, 7) is 1.45. The van der Waals surface area contributed by atoms with E-state index < -0.39 is 0 Å². The zero-order valence-electron chi connectivity index (χ0n) is 13.4. The van der Waals surface area contributed by atoms with Gasteiger partial charge in [0, 0.05) is 30.7 Å². The second-order valence-corrected chi connectivity index (χ2v) is 5.66. The van der Waals surface area contributed by atoms with Crippen LogP contribution in [-0.2, 0) is 4.74 Å². The maximum atomic E-state index is 12.5. The molecule has 1 N–H and O–H groups in total. The predicted octanol–water partition coefficient (Wildman–Crippen LogP) is 1.48. The second-order valence-electron chi connectivity index (χ2n) is 5.66. The summed E-state index contributed by atoms with van der Waals surface area (Å²) < 4.78 is 5.84. The lowest BCUT2D eigenvalue weighted by atomic mass is 10.1. The molecule has 8 nitrogen and oxygen atoms in total. The number of amides is 1. The molecule has 0 aliphatic carbocycles. The molecule has 1 aliphatic rings. The highest BCUT2D eigenvalue weighted by molar-refractivity contribution is 5.92. The first-order chi connectivity index (χ1) is 12.3. The summed E-state index contributed by atoms with van der Waals surface area (Å²) in [6, 6.07) is 7.39. The van der Waals surface area contributed by atoms with Crippen molar-refractivity contribution < 1.29 is 9.53 Å². The van der Waals surface area contributed by atoms with E-state index in [1.807, 2.05) is 18.2 Å². The Morgan fingerprint density at radius 1 is 1.24 bits per heavy atom. The second kappa shape index (κ2) is 6.78. The van der Waals surface area contributed by atoms with E-state index in [9.17, 15) is 4.79 Å². The monoisotopic (exact) mass is 336 g/mol. The van der Waals surface area contributed by atoms with E-state index in [2.05, 4.69) is 25.1 Å². The standard InChI is InChI=1S/C17H16N6O2/c24-17(15-4-5-20-22-15)23-6-7-25-16(10-23)14-3-1-2-13(21-14)12-8-18-11-19-9-12/h1-5,8-9,11,16H,6-7,10H2,(H,20,22).